The molecule has 0 N–H and O–H groups in total. The molecule has 0 aliphatic carbocycles. The summed E-state index contributed by atoms with van der Waals surface area (Å²) < 4.78 is 0.493. The summed E-state index contributed by atoms with van der Waals surface area (Å²) in [6, 6.07) is 0. The number of hydrogen-bond acceptors (Lipinski definition) is 2. The summed E-state index contributed by atoms with van der Waals surface area (Å²) >= 11 is 1.99. The fraction of sp³-hybridized carbons (Fsp3) is 1.00. The highest BCUT2D eigenvalue weighted by Crippen LogP contribution is 2.35. The van der Waals surface area contributed by atoms with Gasteiger partial charge in [-0.25, -0.2) is 0 Å². The molecule has 60 valence electrons. The number of likely N-dealkylation sites (tertiary alicyclic amines) is 1. The first kappa shape index (κ1) is 8.41. The van der Waals surface area contributed by atoms with Crippen molar-refractivity contribution in [3.63, 3.8) is 0 Å². The molecule has 1 aliphatic rings. The molecule has 1 fully saturated rings. The van der Waals surface area contributed by atoms with Crippen molar-refractivity contribution in [2.24, 2.45) is 5.92 Å². The van der Waals surface area contributed by atoms with Gasteiger partial charge >= 0.3 is 0 Å². The Morgan fingerprint density at radius 2 is 1.90 bits per heavy atom. The van der Waals surface area contributed by atoms with Gasteiger partial charge in [0, 0.05) is 17.8 Å². The molecule has 1 aliphatic heterocycles. The van der Waals surface area contributed by atoms with Crippen LogP contribution in [0.15, 0.2) is 0 Å². The third kappa shape index (κ3) is 1.48. The van der Waals surface area contributed by atoms with Crippen LogP contribution >= 0.6 is 11.8 Å². The molecule has 0 unspecified atom stereocenters. The minimum atomic E-state index is 0.493. The van der Waals surface area contributed by atoms with Crippen LogP contribution in [0.25, 0.3) is 0 Å². The second-order valence-electron chi connectivity index (χ2n) is 3.73. The summed E-state index contributed by atoms with van der Waals surface area (Å²) in [4.78, 5) is 2.38. The van der Waals surface area contributed by atoms with Crippen molar-refractivity contribution < 1.29 is 0 Å². The average molecular weight is 159 g/mol. The second-order valence-corrected chi connectivity index (χ2v) is 5.19. The Hall–Kier alpha value is 0.310. The lowest BCUT2D eigenvalue weighted by atomic mass is 9.88. The van der Waals surface area contributed by atoms with E-state index >= 15 is 0 Å². The van der Waals surface area contributed by atoms with Crippen molar-refractivity contribution in [3.8, 4) is 0 Å². The van der Waals surface area contributed by atoms with Crippen molar-refractivity contribution in [3.05, 3.63) is 0 Å². The Balaban J connectivity index is 2.36. The van der Waals surface area contributed by atoms with Crippen LogP contribution < -0.4 is 0 Å². The molecule has 2 heteroatoms. The first-order valence-corrected chi connectivity index (χ1v) is 5.02. The fourth-order valence-electron chi connectivity index (χ4n) is 1.31. The summed E-state index contributed by atoms with van der Waals surface area (Å²) in [6.07, 6.45) is 2.21. The van der Waals surface area contributed by atoms with Gasteiger partial charge in [0.05, 0.1) is 0 Å². The predicted octanol–water partition coefficient (Wildman–Crippen LogP) is 1.69. The Bertz CT molecular complexity index is 116. The van der Waals surface area contributed by atoms with Gasteiger partial charge in [0.1, 0.15) is 0 Å². The summed E-state index contributed by atoms with van der Waals surface area (Å²) in [5.41, 5.74) is 0. The summed E-state index contributed by atoms with van der Waals surface area (Å²) in [6.45, 7) is 7.26. The second kappa shape index (κ2) is 2.74. The standard InChI is InChI=1S/C8H17NS/c1-8(2,10-4)7-5-9(3)6-7/h7H,5-6H2,1-4H3. The Kier molecular flexibility index (Phi) is 2.31. The quantitative estimate of drug-likeness (QED) is 0.603. The van der Waals surface area contributed by atoms with Gasteiger partial charge < -0.3 is 4.90 Å². The maximum Gasteiger partial charge on any atom is 0.0153 e. The monoisotopic (exact) mass is 159 g/mol. The average Bonchev–Trinajstić information content (AvgIpc) is 1.81. The lowest BCUT2D eigenvalue weighted by Crippen LogP contribution is -2.52. The predicted molar refractivity (Wildman–Crippen MR) is 48.6 cm³/mol. The van der Waals surface area contributed by atoms with Gasteiger partial charge in [0.15, 0.2) is 0 Å². The van der Waals surface area contributed by atoms with Crippen LogP contribution in [0.4, 0.5) is 0 Å². The van der Waals surface area contributed by atoms with E-state index in [1.54, 1.807) is 0 Å². The van der Waals surface area contributed by atoms with E-state index in [4.69, 9.17) is 0 Å². The van der Waals surface area contributed by atoms with Crippen LogP contribution in [-0.2, 0) is 0 Å². The molecule has 10 heavy (non-hydrogen) atoms. The molecule has 1 heterocycles. The molecule has 0 bridgehead atoms. The molecule has 0 aromatic carbocycles. The zero-order chi connectivity index (χ0) is 7.78. The van der Waals surface area contributed by atoms with E-state index in [9.17, 15) is 0 Å². The molecule has 1 saturated heterocycles. The third-order valence-electron chi connectivity index (χ3n) is 2.57. The maximum atomic E-state index is 2.38. The normalized spacial score (nSPS) is 22.8. The largest absolute Gasteiger partial charge is 0.306 e. The first-order valence-electron chi connectivity index (χ1n) is 3.80. The van der Waals surface area contributed by atoms with Gasteiger partial charge in [-0.2, -0.15) is 11.8 Å². The van der Waals surface area contributed by atoms with Crippen LogP contribution in [0.2, 0.25) is 0 Å². The van der Waals surface area contributed by atoms with Gasteiger partial charge in [0.2, 0.25) is 0 Å². The van der Waals surface area contributed by atoms with E-state index in [1.807, 2.05) is 11.8 Å². The van der Waals surface area contributed by atoms with Crippen molar-refractivity contribution in [1.29, 1.82) is 0 Å². The lowest BCUT2D eigenvalue weighted by molar-refractivity contribution is 0.110. The van der Waals surface area contributed by atoms with Crippen LogP contribution in [0.3, 0.4) is 0 Å². The fourth-order valence-corrected chi connectivity index (χ4v) is 1.79. The van der Waals surface area contributed by atoms with Crippen molar-refractivity contribution in [2.75, 3.05) is 26.4 Å². The van der Waals surface area contributed by atoms with E-state index in [1.165, 1.54) is 13.1 Å². The molecule has 0 aromatic heterocycles. The van der Waals surface area contributed by atoms with E-state index in [2.05, 4.69) is 32.1 Å². The van der Waals surface area contributed by atoms with Gasteiger partial charge in [-0.3, -0.25) is 0 Å². The van der Waals surface area contributed by atoms with E-state index in [0.717, 1.165) is 5.92 Å². The first-order chi connectivity index (χ1) is 4.56. The van der Waals surface area contributed by atoms with Crippen molar-refractivity contribution in [1.82, 2.24) is 4.90 Å². The Morgan fingerprint density at radius 1 is 1.40 bits per heavy atom. The van der Waals surface area contributed by atoms with Gasteiger partial charge in [-0.05, 0) is 19.2 Å². The number of nitrogens with zero attached hydrogens (tertiary/aromatic N) is 1. The maximum absolute atomic E-state index is 2.38. The summed E-state index contributed by atoms with van der Waals surface area (Å²) in [5.74, 6) is 0.910. The molecular weight excluding hydrogens is 142 g/mol. The number of rotatable bonds is 2. The number of hydrogen-bond donors (Lipinski definition) is 0. The van der Waals surface area contributed by atoms with Crippen LogP contribution in [-0.4, -0.2) is 36.0 Å². The highest BCUT2D eigenvalue weighted by atomic mass is 32.2. The smallest absolute Gasteiger partial charge is 0.0153 e. The van der Waals surface area contributed by atoms with Crippen molar-refractivity contribution >= 4 is 11.8 Å². The van der Waals surface area contributed by atoms with Gasteiger partial charge in [0.25, 0.3) is 0 Å². The third-order valence-corrected chi connectivity index (χ3v) is 3.96. The van der Waals surface area contributed by atoms with E-state index in [-0.39, 0.29) is 0 Å². The highest BCUT2D eigenvalue weighted by molar-refractivity contribution is 7.99. The molecule has 0 aromatic rings. The minimum absolute atomic E-state index is 0.493. The van der Waals surface area contributed by atoms with Gasteiger partial charge in [-0.15, -0.1) is 0 Å². The molecule has 1 nitrogen and oxygen atoms in total. The molecule has 0 saturated carbocycles. The summed E-state index contributed by atoms with van der Waals surface area (Å²) in [7, 11) is 2.19. The number of thioether (sulfide) groups is 1. The van der Waals surface area contributed by atoms with E-state index < -0.39 is 0 Å². The zero-order valence-corrected chi connectivity index (χ0v) is 8.16. The topological polar surface area (TPSA) is 3.24 Å². The molecular formula is C8H17NS. The Morgan fingerprint density at radius 3 is 2.20 bits per heavy atom. The molecule has 1 rings (SSSR count). The highest BCUT2D eigenvalue weighted by Gasteiger charge is 2.36. The summed E-state index contributed by atoms with van der Waals surface area (Å²) in [5, 5.41) is 0. The Labute approximate surface area is 68.2 Å². The van der Waals surface area contributed by atoms with Crippen LogP contribution in [0.1, 0.15) is 13.8 Å². The molecule has 0 amide bonds. The lowest BCUT2D eigenvalue weighted by Gasteiger charge is -2.45. The molecule has 0 spiro atoms. The minimum Gasteiger partial charge on any atom is -0.306 e. The SMILES string of the molecule is CSC(C)(C)C1CN(C)C1. The zero-order valence-electron chi connectivity index (χ0n) is 7.35. The van der Waals surface area contributed by atoms with E-state index in [0.29, 0.717) is 4.75 Å². The van der Waals surface area contributed by atoms with Crippen LogP contribution in [0.5, 0.6) is 0 Å². The molecule has 0 atom stereocenters. The van der Waals surface area contributed by atoms with Crippen LogP contribution in [0, 0.1) is 5.92 Å². The molecule has 0 radical (unpaired) electrons. The van der Waals surface area contributed by atoms with Gasteiger partial charge in [-0.1, -0.05) is 13.8 Å². The van der Waals surface area contributed by atoms with Crippen molar-refractivity contribution in [2.45, 2.75) is 18.6 Å².